The van der Waals surface area contributed by atoms with Gasteiger partial charge >= 0.3 is 0 Å². The van der Waals surface area contributed by atoms with Crippen molar-refractivity contribution in [3.05, 3.63) is 78.8 Å². The van der Waals surface area contributed by atoms with Gasteiger partial charge < -0.3 is 10.3 Å². The predicted molar refractivity (Wildman–Crippen MR) is 93.8 cm³/mol. The zero-order valence-electron chi connectivity index (χ0n) is 13.3. The number of hydrogen-bond acceptors (Lipinski definition) is 1. The highest BCUT2D eigenvalue weighted by molar-refractivity contribution is 5.86. The maximum atomic E-state index is 12.5. The van der Waals surface area contributed by atoms with Gasteiger partial charge in [-0.15, -0.1) is 0 Å². The Bertz CT molecular complexity index is 803. The van der Waals surface area contributed by atoms with Gasteiger partial charge in [0.25, 0.3) is 0 Å². The Labute approximate surface area is 136 Å². The zero-order valence-corrected chi connectivity index (χ0v) is 13.3. The number of H-pyrrole nitrogens is 1. The normalized spacial score (nSPS) is 11.6. The second kappa shape index (κ2) is 6.29. The highest BCUT2D eigenvalue weighted by Gasteiger charge is 2.28. The minimum absolute atomic E-state index is 0.0355. The Balaban J connectivity index is 1.69. The molecule has 0 aliphatic carbocycles. The van der Waals surface area contributed by atoms with Crippen LogP contribution in [0.1, 0.15) is 18.1 Å². The number of aromatic nitrogens is 1. The van der Waals surface area contributed by atoms with E-state index in [2.05, 4.69) is 23.3 Å². The fourth-order valence-electron chi connectivity index (χ4n) is 2.77. The monoisotopic (exact) mass is 305 g/mol. The first-order valence-corrected chi connectivity index (χ1v) is 7.79. The van der Waals surface area contributed by atoms with E-state index in [0.717, 1.165) is 22.0 Å². The van der Waals surface area contributed by atoms with Crippen molar-refractivity contribution >= 4 is 16.8 Å². The second-order valence-corrected chi connectivity index (χ2v) is 6.27. The van der Waals surface area contributed by atoms with Crippen LogP contribution < -0.4 is 5.32 Å². The van der Waals surface area contributed by atoms with Gasteiger partial charge in [0.1, 0.15) is 0 Å². The van der Waals surface area contributed by atoms with Gasteiger partial charge in [-0.3, -0.25) is 4.79 Å². The molecule has 3 rings (SSSR count). The summed E-state index contributed by atoms with van der Waals surface area (Å²) >= 11 is 0. The highest BCUT2D eigenvalue weighted by atomic mass is 16.2. The molecule has 3 heteroatoms. The molecule has 0 aliphatic heterocycles. The molecule has 3 nitrogen and oxygen atoms in total. The number of nitrogens with one attached hydrogen (secondary N) is 2. The average Bonchev–Trinajstić information content (AvgIpc) is 2.96. The zero-order chi connectivity index (χ0) is 16.3. The van der Waals surface area contributed by atoms with E-state index in [1.54, 1.807) is 0 Å². The van der Waals surface area contributed by atoms with Gasteiger partial charge in [-0.2, -0.15) is 0 Å². The minimum Gasteiger partial charge on any atom is -0.361 e. The topological polar surface area (TPSA) is 44.9 Å². The van der Waals surface area contributed by atoms with Crippen LogP contribution in [0.25, 0.3) is 10.9 Å². The molecule has 0 spiro atoms. The minimum atomic E-state index is -0.709. The fourth-order valence-corrected chi connectivity index (χ4v) is 2.77. The molecule has 2 aromatic carbocycles. The van der Waals surface area contributed by atoms with E-state index >= 15 is 0 Å². The summed E-state index contributed by atoms with van der Waals surface area (Å²) in [7, 11) is 0. The van der Waals surface area contributed by atoms with Crippen LogP contribution in [0.5, 0.6) is 0 Å². The molecule has 3 aromatic rings. The van der Waals surface area contributed by atoms with Gasteiger partial charge in [-0.1, -0.05) is 55.5 Å². The van der Waals surface area contributed by atoms with Crippen LogP contribution in [0, 0.1) is 12.3 Å². The van der Waals surface area contributed by atoms with Crippen molar-refractivity contribution in [2.75, 3.05) is 0 Å². The van der Waals surface area contributed by atoms with E-state index in [1.807, 2.05) is 61.7 Å². The Morgan fingerprint density at radius 2 is 1.83 bits per heavy atom. The summed E-state index contributed by atoms with van der Waals surface area (Å²) in [6, 6.07) is 18.0. The number of benzene rings is 2. The Kier molecular flexibility index (Phi) is 4.20. The van der Waals surface area contributed by atoms with E-state index < -0.39 is 5.41 Å². The summed E-state index contributed by atoms with van der Waals surface area (Å²) in [6.07, 6.45) is 2.57. The van der Waals surface area contributed by atoms with Crippen LogP contribution in [0.3, 0.4) is 0 Å². The molecule has 0 saturated carbocycles. The molecule has 2 N–H and O–H groups in total. The molecule has 0 aliphatic rings. The van der Waals surface area contributed by atoms with Crippen molar-refractivity contribution in [3.8, 4) is 0 Å². The molecule has 1 heterocycles. The lowest BCUT2D eigenvalue weighted by atomic mass is 9.84. The smallest absolute Gasteiger partial charge is 0.226 e. The summed E-state index contributed by atoms with van der Waals surface area (Å²) in [4.78, 5) is 15.8. The van der Waals surface area contributed by atoms with Gasteiger partial charge in [0.05, 0.1) is 5.41 Å². The maximum Gasteiger partial charge on any atom is 0.226 e. The van der Waals surface area contributed by atoms with Gasteiger partial charge in [-0.05, 0) is 30.5 Å². The summed E-state index contributed by atoms with van der Waals surface area (Å²) in [6.45, 7) is 6.55. The van der Waals surface area contributed by atoms with Crippen molar-refractivity contribution in [1.82, 2.24) is 10.3 Å². The quantitative estimate of drug-likeness (QED) is 0.738. The number of aromatic amines is 1. The molecule has 23 heavy (non-hydrogen) atoms. The van der Waals surface area contributed by atoms with E-state index in [9.17, 15) is 4.79 Å². The number of rotatable bonds is 5. The molecule has 1 radical (unpaired) electrons. The summed E-state index contributed by atoms with van der Waals surface area (Å²) < 4.78 is 0. The van der Waals surface area contributed by atoms with Crippen molar-refractivity contribution in [2.24, 2.45) is 5.41 Å². The Morgan fingerprint density at radius 3 is 2.61 bits per heavy atom. The molecule has 1 amide bonds. The third-order valence-corrected chi connectivity index (χ3v) is 4.10. The van der Waals surface area contributed by atoms with E-state index in [-0.39, 0.29) is 5.91 Å². The van der Waals surface area contributed by atoms with Crippen LogP contribution in [-0.2, 0) is 17.8 Å². The average molecular weight is 305 g/mol. The summed E-state index contributed by atoms with van der Waals surface area (Å²) in [5.41, 5.74) is 2.58. The van der Waals surface area contributed by atoms with Crippen LogP contribution in [0.15, 0.2) is 60.8 Å². The Morgan fingerprint density at radius 1 is 1.13 bits per heavy atom. The number of fused-ring (bicyclic) bond motifs is 1. The van der Waals surface area contributed by atoms with Crippen molar-refractivity contribution < 1.29 is 4.79 Å². The number of carbonyl (C=O) groups excluding carboxylic acids is 1. The molecule has 117 valence electrons. The lowest BCUT2D eigenvalue weighted by Crippen LogP contribution is -2.38. The maximum absolute atomic E-state index is 12.5. The molecule has 1 unspecified atom stereocenters. The SMILES string of the molecule is [CH2]C(C)(Cc1c[nH]c2ccccc12)C(=O)NCc1ccccc1. The molecule has 0 bridgehead atoms. The largest absolute Gasteiger partial charge is 0.361 e. The molecule has 0 fully saturated rings. The summed E-state index contributed by atoms with van der Waals surface area (Å²) in [5, 5.41) is 4.14. The molecule has 0 saturated heterocycles. The standard InChI is InChI=1S/C20H21N2O/c1-20(2,19(23)22-13-15-8-4-3-5-9-15)12-16-14-21-18-11-7-6-10-17(16)18/h3-11,14,21H,1,12-13H2,2H3,(H,22,23). The van der Waals surface area contributed by atoms with E-state index in [4.69, 9.17) is 0 Å². The summed E-state index contributed by atoms with van der Waals surface area (Å²) in [5.74, 6) is -0.0355. The first-order valence-electron chi connectivity index (χ1n) is 7.79. The van der Waals surface area contributed by atoms with Crippen LogP contribution in [0.2, 0.25) is 0 Å². The van der Waals surface area contributed by atoms with Crippen molar-refractivity contribution in [3.63, 3.8) is 0 Å². The van der Waals surface area contributed by atoms with Gasteiger partial charge in [0.15, 0.2) is 0 Å². The second-order valence-electron chi connectivity index (χ2n) is 6.27. The molecular weight excluding hydrogens is 284 g/mol. The van der Waals surface area contributed by atoms with Crippen LogP contribution in [0.4, 0.5) is 0 Å². The molecule has 1 aromatic heterocycles. The number of para-hydroxylation sites is 1. The van der Waals surface area contributed by atoms with Crippen LogP contribution in [-0.4, -0.2) is 10.9 Å². The van der Waals surface area contributed by atoms with Crippen molar-refractivity contribution in [2.45, 2.75) is 19.9 Å². The van der Waals surface area contributed by atoms with Gasteiger partial charge in [0, 0.05) is 23.6 Å². The number of hydrogen-bond donors (Lipinski definition) is 2. The lowest BCUT2D eigenvalue weighted by molar-refractivity contribution is -0.128. The van der Waals surface area contributed by atoms with Gasteiger partial charge in [-0.25, -0.2) is 0 Å². The molecule has 1 atom stereocenters. The van der Waals surface area contributed by atoms with E-state index in [0.29, 0.717) is 13.0 Å². The number of carbonyl (C=O) groups is 1. The Hall–Kier alpha value is -2.55. The fraction of sp³-hybridized carbons (Fsp3) is 0.200. The van der Waals surface area contributed by atoms with Crippen molar-refractivity contribution in [1.29, 1.82) is 0 Å². The highest BCUT2D eigenvalue weighted by Crippen LogP contribution is 2.27. The third-order valence-electron chi connectivity index (χ3n) is 4.10. The van der Waals surface area contributed by atoms with Gasteiger partial charge in [0.2, 0.25) is 5.91 Å². The van der Waals surface area contributed by atoms with E-state index in [1.165, 1.54) is 0 Å². The first-order chi connectivity index (χ1) is 11.1. The predicted octanol–water partition coefficient (Wildman–Crippen LogP) is 3.87. The lowest BCUT2D eigenvalue weighted by Gasteiger charge is -2.23. The third kappa shape index (κ3) is 3.45. The number of amides is 1. The molecular formula is C20H21N2O. The van der Waals surface area contributed by atoms with Crippen LogP contribution >= 0.6 is 0 Å². The first kappa shape index (κ1) is 15.3.